The van der Waals surface area contributed by atoms with E-state index in [-0.39, 0.29) is 6.10 Å². The first-order valence-electron chi connectivity index (χ1n) is 6.20. The van der Waals surface area contributed by atoms with Crippen molar-refractivity contribution in [3.63, 3.8) is 0 Å². The number of rotatable bonds is 4. The predicted molar refractivity (Wildman–Crippen MR) is 69.7 cm³/mol. The minimum atomic E-state index is -0.176. The topological polar surface area (TPSA) is 70.5 Å². The van der Waals surface area contributed by atoms with Crippen LogP contribution in [0.15, 0.2) is 6.07 Å². The van der Waals surface area contributed by atoms with Crippen molar-refractivity contribution in [2.24, 2.45) is 0 Å². The lowest BCUT2D eigenvalue weighted by Gasteiger charge is -2.30. The van der Waals surface area contributed by atoms with Crippen LogP contribution in [0, 0.1) is 0 Å². The molecule has 1 fully saturated rings. The molecule has 1 aromatic rings. The van der Waals surface area contributed by atoms with Gasteiger partial charge in [0.25, 0.3) is 0 Å². The van der Waals surface area contributed by atoms with E-state index in [4.69, 9.17) is 4.74 Å². The Morgan fingerprint density at radius 3 is 2.78 bits per heavy atom. The minimum Gasteiger partial charge on any atom is -0.393 e. The number of piperidine rings is 1. The third kappa shape index (κ3) is 3.08. The van der Waals surface area contributed by atoms with Crippen LogP contribution in [0.5, 0.6) is 0 Å². The van der Waals surface area contributed by atoms with Crippen LogP contribution in [0.1, 0.15) is 18.7 Å². The summed E-state index contributed by atoms with van der Waals surface area (Å²) < 4.78 is 5.08. The van der Waals surface area contributed by atoms with E-state index < -0.39 is 0 Å². The number of nitrogens with one attached hydrogen (secondary N) is 1. The fourth-order valence-corrected chi connectivity index (χ4v) is 2.06. The largest absolute Gasteiger partial charge is 0.393 e. The van der Waals surface area contributed by atoms with E-state index in [2.05, 4.69) is 20.2 Å². The van der Waals surface area contributed by atoms with E-state index in [1.807, 2.05) is 13.1 Å². The minimum absolute atomic E-state index is 0.176. The molecule has 1 aromatic heterocycles. The molecular formula is C12H20N4O2. The standard InChI is InChI=1S/C12H20N4O2/c1-13-10-7-12(15-11(14-10)8-18-2)16-5-3-9(17)4-6-16/h7,9,17H,3-6,8H2,1-2H3,(H,13,14,15). The molecule has 0 amide bonds. The zero-order chi connectivity index (χ0) is 13.0. The molecule has 0 saturated carbocycles. The molecule has 2 heterocycles. The molecular weight excluding hydrogens is 232 g/mol. The van der Waals surface area contributed by atoms with Crippen LogP contribution in [0.4, 0.5) is 11.6 Å². The highest BCUT2D eigenvalue weighted by Gasteiger charge is 2.19. The lowest BCUT2D eigenvalue weighted by molar-refractivity contribution is 0.145. The molecule has 0 bridgehead atoms. The number of anilines is 2. The lowest BCUT2D eigenvalue weighted by atomic mass is 10.1. The van der Waals surface area contributed by atoms with Crippen LogP contribution in [0.3, 0.4) is 0 Å². The Labute approximate surface area is 107 Å². The Balaban J connectivity index is 2.17. The maximum atomic E-state index is 9.52. The highest BCUT2D eigenvalue weighted by atomic mass is 16.5. The molecule has 0 spiro atoms. The number of nitrogens with zero attached hydrogens (tertiary/aromatic N) is 3. The molecule has 2 rings (SSSR count). The number of aliphatic hydroxyl groups is 1. The van der Waals surface area contributed by atoms with Crippen molar-refractivity contribution in [1.82, 2.24) is 9.97 Å². The number of ether oxygens (including phenoxy) is 1. The van der Waals surface area contributed by atoms with E-state index in [1.165, 1.54) is 0 Å². The molecule has 1 aliphatic rings. The van der Waals surface area contributed by atoms with Crippen LogP contribution < -0.4 is 10.2 Å². The molecule has 6 heteroatoms. The van der Waals surface area contributed by atoms with Gasteiger partial charge in [0, 0.05) is 33.3 Å². The molecule has 1 saturated heterocycles. The third-order valence-corrected chi connectivity index (χ3v) is 3.08. The van der Waals surface area contributed by atoms with Crippen molar-refractivity contribution in [3.8, 4) is 0 Å². The van der Waals surface area contributed by atoms with Gasteiger partial charge in [-0.05, 0) is 12.8 Å². The summed E-state index contributed by atoms with van der Waals surface area (Å²) in [4.78, 5) is 11.0. The molecule has 2 N–H and O–H groups in total. The van der Waals surface area contributed by atoms with Gasteiger partial charge < -0.3 is 20.1 Å². The second kappa shape index (κ2) is 5.97. The Morgan fingerprint density at radius 2 is 2.17 bits per heavy atom. The van der Waals surface area contributed by atoms with Gasteiger partial charge >= 0.3 is 0 Å². The van der Waals surface area contributed by atoms with Gasteiger partial charge in [0.05, 0.1) is 6.10 Å². The Bertz CT molecular complexity index is 392. The predicted octanol–water partition coefficient (Wildman–Crippen LogP) is 0.626. The van der Waals surface area contributed by atoms with E-state index in [9.17, 15) is 5.11 Å². The summed E-state index contributed by atoms with van der Waals surface area (Å²) in [5.41, 5.74) is 0. The second-order valence-electron chi connectivity index (χ2n) is 4.43. The molecule has 1 aliphatic heterocycles. The molecule has 0 radical (unpaired) electrons. The first-order chi connectivity index (χ1) is 8.72. The van der Waals surface area contributed by atoms with Crippen molar-refractivity contribution in [1.29, 1.82) is 0 Å². The molecule has 0 aromatic carbocycles. The average molecular weight is 252 g/mol. The highest BCUT2D eigenvalue weighted by Crippen LogP contribution is 2.20. The van der Waals surface area contributed by atoms with Crippen molar-refractivity contribution in [2.75, 3.05) is 37.5 Å². The van der Waals surface area contributed by atoms with Crippen molar-refractivity contribution >= 4 is 11.6 Å². The summed E-state index contributed by atoms with van der Waals surface area (Å²) in [6.45, 7) is 2.06. The molecule has 18 heavy (non-hydrogen) atoms. The normalized spacial score (nSPS) is 16.9. The summed E-state index contributed by atoms with van der Waals surface area (Å²) in [5.74, 6) is 2.36. The highest BCUT2D eigenvalue weighted by molar-refractivity contribution is 5.49. The zero-order valence-corrected chi connectivity index (χ0v) is 10.9. The molecule has 0 unspecified atom stereocenters. The van der Waals surface area contributed by atoms with Gasteiger partial charge in [-0.2, -0.15) is 0 Å². The molecule has 6 nitrogen and oxygen atoms in total. The number of hydrogen-bond donors (Lipinski definition) is 2. The fourth-order valence-electron chi connectivity index (χ4n) is 2.06. The number of methoxy groups -OCH3 is 1. The average Bonchev–Trinajstić information content (AvgIpc) is 2.39. The molecule has 100 valence electrons. The Morgan fingerprint density at radius 1 is 1.44 bits per heavy atom. The summed E-state index contributed by atoms with van der Waals surface area (Å²) in [6, 6.07) is 1.93. The third-order valence-electron chi connectivity index (χ3n) is 3.08. The summed E-state index contributed by atoms with van der Waals surface area (Å²) in [6.07, 6.45) is 1.40. The maximum absolute atomic E-state index is 9.52. The summed E-state index contributed by atoms with van der Waals surface area (Å²) >= 11 is 0. The van der Waals surface area contributed by atoms with Crippen LogP contribution in [0.2, 0.25) is 0 Å². The Kier molecular flexibility index (Phi) is 4.33. The Hall–Kier alpha value is -1.40. The van der Waals surface area contributed by atoms with Crippen LogP contribution in [-0.2, 0) is 11.3 Å². The van der Waals surface area contributed by atoms with Gasteiger partial charge in [-0.15, -0.1) is 0 Å². The monoisotopic (exact) mass is 252 g/mol. The van der Waals surface area contributed by atoms with Gasteiger partial charge in [0.1, 0.15) is 18.2 Å². The van der Waals surface area contributed by atoms with Crippen molar-refractivity contribution < 1.29 is 9.84 Å². The molecule has 0 aliphatic carbocycles. The van der Waals surface area contributed by atoms with Gasteiger partial charge in [-0.25, -0.2) is 9.97 Å². The SMILES string of the molecule is CNc1cc(N2CCC(O)CC2)nc(COC)n1. The van der Waals surface area contributed by atoms with E-state index in [0.29, 0.717) is 12.4 Å². The number of hydrogen-bond acceptors (Lipinski definition) is 6. The van der Waals surface area contributed by atoms with E-state index in [0.717, 1.165) is 37.6 Å². The van der Waals surface area contributed by atoms with Crippen LogP contribution in [0.25, 0.3) is 0 Å². The smallest absolute Gasteiger partial charge is 0.158 e. The van der Waals surface area contributed by atoms with Gasteiger partial charge in [0.2, 0.25) is 0 Å². The number of aliphatic hydroxyl groups excluding tert-OH is 1. The zero-order valence-electron chi connectivity index (χ0n) is 10.9. The van der Waals surface area contributed by atoms with E-state index >= 15 is 0 Å². The first-order valence-corrected chi connectivity index (χ1v) is 6.20. The van der Waals surface area contributed by atoms with Gasteiger partial charge in [-0.1, -0.05) is 0 Å². The maximum Gasteiger partial charge on any atom is 0.158 e. The second-order valence-corrected chi connectivity index (χ2v) is 4.43. The first kappa shape index (κ1) is 13.0. The van der Waals surface area contributed by atoms with Crippen LogP contribution >= 0.6 is 0 Å². The van der Waals surface area contributed by atoms with Gasteiger partial charge in [-0.3, -0.25) is 0 Å². The van der Waals surface area contributed by atoms with Crippen molar-refractivity contribution in [3.05, 3.63) is 11.9 Å². The fraction of sp³-hybridized carbons (Fsp3) is 0.667. The molecule has 0 atom stereocenters. The quantitative estimate of drug-likeness (QED) is 0.819. The summed E-state index contributed by atoms with van der Waals surface area (Å²) in [7, 11) is 3.47. The number of aromatic nitrogens is 2. The van der Waals surface area contributed by atoms with Crippen molar-refractivity contribution in [2.45, 2.75) is 25.6 Å². The lowest BCUT2D eigenvalue weighted by Crippen LogP contribution is -2.36. The van der Waals surface area contributed by atoms with E-state index in [1.54, 1.807) is 7.11 Å². The summed E-state index contributed by atoms with van der Waals surface area (Å²) in [5, 5.41) is 12.6. The van der Waals surface area contributed by atoms with Gasteiger partial charge in [0.15, 0.2) is 5.82 Å². The van der Waals surface area contributed by atoms with Crippen LogP contribution in [-0.4, -0.2) is 48.4 Å².